The number of aliphatic imine (C=N–C) groups is 2. The van der Waals surface area contributed by atoms with E-state index in [2.05, 4.69) is 83.2 Å². The van der Waals surface area contributed by atoms with Gasteiger partial charge >= 0.3 is 0 Å². The first-order chi connectivity index (χ1) is 28.6. The van der Waals surface area contributed by atoms with Gasteiger partial charge in [-0.1, -0.05) is 213 Å². The molecule has 0 aliphatic heterocycles. The Balaban J connectivity index is 0.0000174. The molecule has 0 heterocycles. The second-order valence-electron chi connectivity index (χ2n) is 17.8. The Hall–Kier alpha value is -1.99. The van der Waals surface area contributed by atoms with Crippen LogP contribution in [0.5, 0.6) is 0 Å². The molecule has 0 fully saturated rings. The zero-order chi connectivity index (χ0) is 41.6. The number of allylic oxidation sites excluding steroid dienone is 2. The summed E-state index contributed by atoms with van der Waals surface area (Å²) in [6.07, 6.45) is 53.1. The molecule has 3 heteroatoms. The molecule has 0 aromatic heterocycles. The third-order valence-electron chi connectivity index (χ3n) is 12.0. The van der Waals surface area contributed by atoms with Crippen molar-refractivity contribution in [1.82, 2.24) is 0 Å². The van der Waals surface area contributed by atoms with Crippen molar-refractivity contribution in [1.29, 1.82) is 0 Å². The maximum absolute atomic E-state index is 5.32. The topological polar surface area (TPSA) is 24.7 Å². The Morgan fingerprint density at radius 1 is 0.373 bits per heavy atom. The first kappa shape index (κ1) is 55.0. The minimum absolute atomic E-state index is 0. The van der Waals surface area contributed by atoms with Gasteiger partial charge < -0.3 is 0 Å². The fourth-order valence-electron chi connectivity index (χ4n) is 8.29. The molecule has 0 atom stereocenters. The van der Waals surface area contributed by atoms with Gasteiger partial charge in [0.25, 0.3) is 0 Å². The average Bonchev–Trinajstić information content (AvgIpc) is 3.22. The van der Waals surface area contributed by atoms with Crippen molar-refractivity contribution in [2.45, 2.75) is 259 Å². The Bertz CT molecular complexity index is 1280. The summed E-state index contributed by atoms with van der Waals surface area (Å²) in [4.78, 5) is 10.5. The first-order valence-corrected chi connectivity index (χ1v) is 25.7. The second kappa shape index (κ2) is 40.1. The summed E-state index contributed by atoms with van der Waals surface area (Å²) in [5.41, 5.74) is 8.90. The molecule has 2 aromatic carbocycles. The predicted molar refractivity (Wildman–Crippen MR) is 264 cm³/mol. The number of benzene rings is 2. The van der Waals surface area contributed by atoms with Crippen LogP contribution >= 0.6 is 0 Å². The number of rotatable bonds is 39. The van der Waals surface area contributed by atoms with Gasteiger partial charge in [-0.2, -0.15) is 0 Å². The molecule has 0 saturated heterocycles. The summed E-state index contributed by atoms with van der Waals surface area (Å²) in [5, 5.41) is 0. The SMILES string of the molecule is CCCCCCCCCCCCCCCCCCCC/C=C/C(/C=N/c1cc(CCCCC)cc(CCCCC)c1)=N\c1cc(CCCCC)cc(CCCCC)c1.[Ni]. The van der Waals surface area contributed by atoms with Crippen LogP contribution in [0.15, 0.2) is 58.5 Å². The van der Waals surface area contributed by atoms with Gasteiger partial charge in [0.1, 0.15) is 0 Å². The van der Waals surface area contributed by atoms with Crippen molar-refractivity contribution in [3.05, 3.63) is 70.8 Å². The number of hydrogen-bond acceptors (Lipinski definition) is 2. The van der Waals surface area contributed by atoms with Gasteiger partial charge in [0.05, 0.1) is 23.3 Å². The quantitative estimate of drug-likeness (QED) is 0.0364. The standard InChI is InChI=1S/C56H94N2.Ni/c1-6-11-16-17-18-19-20-21-22-23-24-25-26-27-28-29-30-31-32-37-42-54(58-56-47-52(40-35-14-9-4)44-53(48-56)41-36-15-10-5)49-57-55-45-50(38-33-12-7-2)43-51(46-55)39-34-13-8-3;/h37,42-49H,6-36,38-41H2,1-5H3;/b42-37+,57-49+,58-54+;. The van der Waals surface area contributed by atoms with E-state index in [1.165, 1.54) is 215 Å². The van der Waals surface area contributed by atoms with E-state index in [1.807, 2.05) is 6.21 Å². The van der Waals surface area contributed by atoms with Crippen LogP contribution in [-0.2, 0) is 42.2 Å². The summed E-state index contributed by atoms with van der Waals surface area (Å²) in [6.45, 7) is 11.5. The van der Waals surface area contributed by atoms with Crippen LogP contribution in [0.4, 0.5) is 11.4 Å². The monoisotopic (exact) mass is 853 g/mol. The van der Waals surface area contributed by atoms with E-state index in [4.69, 9.17) is 9.98 Å². The van der Waals surface area contributed by atoms with Crippen molar-refractivity contribution in [2.75, 3.05) is 0 Å². The van der Waals surface area contributed by atoms with E-state index in [0.717, 1.165) is 49.2 Å². The van der Waals surface area contributed by atoms with Crippen LogP contribution in [0.1, 0.15) is 256 Å². The maximum Gasteiger partial charge on any atom is 0.0816 e. The Morgan fingerprint density at radius 2 is 0.678 bits per heavy atom. The molecule has 0 N–H and O–H groups in total. The summed E-state index contributed by atoms with van der Waals surface area (Å²) in [5.74, 6) is 0. The third kappa shape index (κ3) is 30.7. The number of unbranched alkanes of at least 4 members (excludes halogenated alkanes) is 26. The van der Waals surface area contributed by atoms with Crippen molar-refractivity contribution in [3.8, 4) is 0 Å². The summed E-state index contributed by atoms with van der Waals surface area (Å²) >= 11 is 0. The Morgan fingerprint density at radius 3 is 1.03 bits per heavy atom. The molecule has 0 amide bonds. The molecule has 0 radical (unpaired) electrons. The molecule has 2 rings (SSSR count). The van der Waals surface area contributed by atoms with Gasteiger partial charge in [0.15, 0.2) is 0 Å². The molecule has 0 aliphatic carbocycles. The average molecular weight is 854 g/mol. The molecule has 0 bridgehead atoms. The largest absolute Gasteiger partial charge is 0.255 e. The molecule has 0 aliphatic rings. The van der Waals surface area contributed by atoms with E-state index < -0.39 is 0 Å². The zero-order valence-electron chi connectivity index (χ0n) is 39.7. The van der Waals surface area contributed by atoms with Crippen LogP contribution in [0.3, 0.4) is 0 Å². The Kier molecular flexibility index (Phi) is 37.4. The van der Waals surface area contributed by atoms with Gasteiger partial charge in [-0.05, 0) is 117 Å². The van der Waals surface area contributed by atoms with E-state index in [1.54, 1.807) is 0 Å². The summed E-state index contributed by atoms with van der Waals surface area (Å²) in [6, 6.07) is 14.2. The molecule has 0 saturated carbocycles. The number of hydrogen-bond donors (Lipinski definition) is 0. The van der Waals surface area contributed by atoms with Crippen LogP contribution < -0.4 is 0 Å². The van der Waals surface area contributed by atoms with E-state index in [0.29, 0.717) is 0 Å². The first-order valence-electron chi connectivity index (χ1n) is 25.7. The van der Waals surface area contributed by atoms with E-state index >= 15 is 0 Å². The van der Waals surface area contributed by atoms with Crippen molar-refractivity contribution in [2.24, 2.45) is 9.98 Å². The van der Waals surface area contributed by atoms with E-state index in [-0.39, 0.29) is 16.5 Å². The van der Waals surface area contributed by atoms with Gasteiger partial charge in [-0.15, -0.1) is 0 Å². The fraction of sp³-hybridized carbons (Fsp3) is 0.714. The fourth-order valence-corrected chi connectivity index (χ4v) is 8.29. The van der Waals surface area contributed by atoms with E-state index in [9.17, 15) is 0 Å². The van der Waals surface area contributed by atoms with Crippen molar-refractivity contribution < 1.29 is 16.5 Å². The molecule has 2 aromatic rings. The molecule has 0 spiro atoms. The van der Waals surface area contributed by atoms with Crippen molar-refractivity contribution in [3.63, 3.8) is 0 Å². The molecular formula is C56H94N2Ni. The Labute approximate surface area is 378 Å². The normalized spacial score (nSPS) is 12.0. The van der Waals surface area contributed by atoms with Crippen LogP contribution in [0.25, 0.3) is 0 Å². The minimum Gasteiger partial charge on any atom is -0.255 e. The zero-order valence-corrected chi connectivity index (χ0v) is 40.6. The molecule has 2 nitrogen and oxygen atoms in total. The molecule has 338 valence electrons. The maximum atomic E-state index is 5.32. The molecular weight excluding hydrogens is 759 g/mol. The predicted octanol–water partition coefficient (Wildman–Crippen LogP) is 19.1. The van der Waals surface area contributed by atoms with Crippen LogP contribution in [0.2, 0.25) is 0 Å². The van der Waals surface area contributed by atoms with Crippen molar-refractivity contribution >= 4 is 23.3 Å². The number of aryl methyl sites for hydroxylation is 4. The molecule has 59 heavy (non-hydrogen) atoms. The second-order valence-corrected chi connectivity index (χ2v) is 17.8. The van der Waals surface area contributed by atoms with Gasteiger partial charge in [0, 0.05) is 16.5 Å². The summed E-state index contributed by atoms with van der Waals surface area (Å²) < 4.78 is 0. The van der Waals surface area contributed by atoms with Gasteiger partial charge in [-0.25, -0.2) is 4.99 Å². The van der Waals surface area contributed by atoms with Crippen LogP contribution in [0, 0.1) is 0 Å². The summed E-state index contributed by atoms with van der Waals surface area (Å²) in [7, 11) is 0. The smallest absolute Gasteiger partial charge is 0.0816 e. The van der Waals surface area contributed by atoms with Crippen LogP contribution in [-0.4, -0.2) is 11.9 Å². The van der Waals surface area contributed by atoms with Gasteiger partial charge in [-0.3, -0.25) is 4.99 Å². The minimum atomic E-state index is 0. The molecule has 0 unspecified atom stereocenters. The third-order valence-corrected chi connectivity index (χ3v) is 12.0. The number of nitrogens with zero attached hydrogens (tertiary/aromatic N) is 2. The van der Waals surface area contributed by atoms with Gasteiger partial charge in [0.2, 0.25) is 0 Å².